The van der Waals surface area contributed by atoms with E-state index >= 15 is 0 Å². The normalized spacial score (nSPS) is 22.4. The molecule has 0 spiro atoms. The van der Waals surface area contributed by atoms with Crippen molar-refractivity contribution in [3.63, 3.8) is 0 Å². The molecule has 38 heavy (non-hydrogen) atoms. The van der Waals surface area contributed by atoms with Crippen LogP contribution in [-0.2, 0) is 63.8 Å². The molecule has 1 aromatic rings. The summed E-state index contributed by atoms with van der Waals surface area (Å²) in [5.74, 6) is -4.30. The number of hydrogen-bond donors (Lipinski definition) is 1. The third kappa shape index (κ3) is 10.2. The maximum absolute atomic E-state index is 12.3. The van der Waals surface area contributed by atoms with Crippen LogP contribution < -0.4 is 5.32 Å². The van der Waals surface area contributed by atoms with Gasteiger partial charge in [0.25, 0.3) is 0 Å². The van der Waals surface area contributed by atoms with Gasteiger partial charge in [-0.15, -0.1) is 0 Å². The zero-order valence-electron chi connectivity index (χ0n) is 21.5. The topological polar surface area (TPSA) is 170 Å². The van der Waals surface area contributed by atoms with Crippen molar-refractivity contribution in [2.45, 2.75) is 77.8 Å². The van der Waals surface area contributed by atoms with Gasteiger partial charge >= 0.3 is 29.8 Å². The van der Waals surface area contributed by atoms with Gasteiger partial charge in [0.1, 0.15) is 25.4 Å². The van der Waals surface area contributed by atoms with Gasteiger partial charge in [0.2, 0.25) is 12.2 Å². The van der Waals surface area contributed by atoms with Gasteiger partial charge in [-0.1, -0.05) is 30.3 Å². The second-order valence-electron chi connectivity index (χ2n) is 8.36. The number of carbonyl (C=O) groups excluding carboxylic acids is 6. The van der Waals surface area contributed by atoms with Crippen molar-refractivity contribution in [3.05, 3.63) is 35.9 Å². The molecule has 0 aliphatic carbocycles. The summed E-state index contributed by atoms with van der Waals surface area (Å²) >= 11 is 0. The Hall–Kier alpha value is -4.00. The lowest BCUT2D eigenvalue weighted by atomic mass is 9.96. The first-order valence-corrected chi connectivity index (χ1v) is 11.8. The van der Waals surface area contributed by atoms with Crippen molar-refractivity contribution in [2.75, 3.05) is 6.61 Å². The van der Waals surface area contributed by atoms with Gasteiger partial charge in [-0.3, -0.25) is 28.8 Å². The summed E-state index contributed by atoms with van der Waals surface area (Å²) in [6, 6.07) is 7.76. The largest absolute Gasteiger partial charge is 0.463 e. The molecule has 0 bridgehead atoms. The van der Waals surface area contributed by atoms with Crippen molar-refractivity contribution in [1.29, 1.82) is 0 Å². The molecule has 13 heteroatoms. The van der Waals surface area contributed by atoms with E-state index in [1.807, 2.05) is 6.07 Å². The predicted molar refractivity (Wildman–Crippen MR) is 126 cm³/mol. The van der Waals surface area contributed by atoms with Gasteiger partial charge in [0.05, 0.1) is 12.8 Å². The fourth-order valence-corrected chi connectivity index (χ4v) is 3.62. The van der Waals surface area contributed by atoms with Gasteiger partial charge in [0, 0.05) is 27.7 Å². The lowest BCUT2D eigenvalue weighted by Gasteiger charge is -2.44. The lowest BCUT2D eigenvalue weighted by molar-refractivity contribution is -0.271. The molecule has 1 N–H and O–H groups in total. The molecule has 5 atom stereocenters. The summed E-state index contributed by atoms with van der Waals surface area (Å²) in [7, 11) is 0. The first-order valence-electron chi connectivity index (χ1n) is 11.8. The second kappa shape index (κ2) is 14.7. The molecule has 13 nitrogen and oxygen atoms in total. The third-order valence-corrected chi connectivity index (χ3v) is 5.09. The number of rotatable bonds is 11. The lowest BCUT2D eigenvalue weighted by Crippen LogP contribution is -2.66. The average Bonchev–Trinajstić information content (AvgIpc) is 2.83. The molecule has 2 rings (SSSR count). The molecule has 1 amide bonds. The molecule has 1 heterocycles. The number of carbonyl (C=O) groups is 6. The highest BCUT2D eigenvalue weighted by molar-refractivity contribution is 5.77. The predicted octanol–water partition coefficient (Wildman–Crippen LogP) is 0.709. The number of ether oxygens (including phenoxy) is 6. The molecule has 208 valence electrons. The van der Waals surface area contributed by atoms with Crippen molar-refractivity contribution >= 4 is 35.8 Å². The average molecular weight is 538 g/mol. The van der Waals surface area contributed by atoms with Gasteiger partial charge < -0.3 is 33.7 Å². The smallest absolute Gasteiger partial charge is 0.306 e. The summed E-state index contributed by atoms with van der Waals surface area (Å²) in [4.78, 5) is 71.3. The van der Waals surface area contributed by atoms with Crippen molar-refractivity contribution in [3.8, 4) is 0 Å². The summed E-state index contributed by atoms with van der Waals surface area (Å²) < 4.78 is 31.8. The Bertz CT molecular complexity index is 1010. The standard InChI is InChI=1S/C25H31NO12/c1-14(27)26-22-24(36-16(3)29)23(35-15(2)28)19(38-25(22)37-17(4)30)13-34-21(32)11-10-20(31)33-12-18-8-6-5-7-9-18/h5-9,19,22-25H,10-13H2,1-4H3,(H,26,27)/t19-,22-,23+,24-,25+/m1/s1. The van der Waals surface area contributed by atoms with E-state index in [2.05, 4.69) is 5.32 Å². The van der Waals surface area contributed by atoms with Crippen LogP contribution in [0, 0.1) is 0 Å². The quantitative estimate of drug-likeness (QED) is 0.310. The van der Waals surface area contributed by atoms with E-state index in [-0.39, 0.29) is 19.4 Å². The van der Waals surface area contributed by atoms with Crippen LogP contribution in [0.5, 0.6) is 0 Å². The minimum absolute atomic E-state index is 0.0548. The fourth-order valence-electron chi connectivity index (χ4n) is 3.62. The second-order valence-corrected chi connectivity index (χ2v) is 8.36. The van der Waals surface area contributed by atoms with Crippen LogP contribution in [0.4, 0.5) is 0 Å². The minimum Gasteiger partial charge on any atom is -0.463 e. The highest BCUT2D eigenvalue weighted by Crippen LogP contribution is 2.28. The summed E-state index contributed by atoms with van der Waals surface area (Å²) in [5, 5.41) is 2.47. The molecule has 0 saturated carbocycles. The number of benzene rings is 1. The van der Waals surface area contributed by atoms with Crippen molar-refractivity contribution in [2.24, 2.45) is 0 Å². The molecule has 1 aromatic carbocycles. The van der Waals surface area contributed by atoms with Crippen LogP contribution in [-0.4, -0.2) is 73.0 Å². The van der Waals surface area contributed by atoms with Gasteiger partial charge in [-0.2, -0.15) is 0 Å². The summed E-state index contributed by atoms with van der Waals surface area (Å²) in [6.07, 6.45) is -5.98. The summed E-state index contributed by atoms with van der Waals surface area (Å²) in [6.45, 7) is 4.00. The SMILES string of the molecule is CC(=O)N[C@H]1[C@@H](OC(C)=O)O[C@H](COC(=O)CCC(=O)OCc2ccccc2)[C@H](OC(C)=O)[C@@H]1OC(C)=O. The minimum atomic E-state index is -1.47. The van der Waals surface area contributed by atoms with E-state index in [9.17, 15) is 28.8 Å². The van der Waals surface area contributed by atoms with Crippen LogP contribution in [0.15, 0.2) is 30.3 Å². The molecule has 0 unspecified atom stereocenters. The molecule has 1 saturated heterocycles. The van der Waals surface area contributed by atoms with Crippen LogP contribution in [0.3, 0.4) is 0 Å². The number of amides is 1. The van der Waals surface area contributed by atoms with E-state index in [4.69, 9.17) is 28.4 Å². The van der Waals surface area contributed by atoms with Crippen LogP contribution >= 0.6 is 0 Å². The van der Waals surface area contributed by atoms with E-state index in [1.165, 1.54) is 6.92 Å². The van der Waals surface area contributed by atoms with E-state index < -0.39 is 73.0 Å². The zero-order valence-corrected chi connectivity index (χ0v) is 21.5. The zero-order chi connectivity index (χ0) is 28.2. The van der Waals surface area contributed by atoms with E-state index in [1.54, 1.807) is 24.3 Å². The van der Waals surface area contributed by atoms with Gasteiger partial charge in [-0.05, 0) is 5.56 Å². The number of esters is 5. The van der Waals surface area contributed by atoms with Gasteiger partial charge in [0.15, 0.2) is 12.2 Å². The highest BCUT2D eigenvalue weighted by atomic mass is 16.7. The Morgan fingerprint density at radius 3 is 1.87 bits per heavy atom. The number of hydrogen-bond acceptors (Lipinski definition) is 12. The van der Waals surface area contributed by atoms with E-state index in [0.29, 0.717) is 0 Å². The molecular formula is C25H31NO12. The summed E-state index contributed by atoms with van der Waals surface area (Å²) in [5.41, 5.74) is 0.789. The fraction of sp³-hybridized carbons (Fsp3) is 0.520. The Balaban J connectivity index is 2.07. The highest BCUT2D eigenvalue weighted by Gasteiger charge is 2.52. The number of nitrogens with one attached hydrogen (secondary N) is 1. The maximum Gasteiger partial charge on any atom is 0.306 e. The van der Waals surface area contributed by atoms with Gasteiger partial charge in [-0.25, -0.2) is 0 Å². The van der Waals surface area contributed by atoms with Crippen molar-refractivity contribution in [1.82, 2.24) is 5.32 Å². The maximum atomic E-state index is 12.3. The third-order valence-electron chi connectivity index (χ3n) is 5.09. The Morgan fingerprint density at radius 2 is 1.32 bits per heavy atom. The monoisotopic (exact) mass is 537 g/mol. The van der Waals surface area contributed by atoms with Crippen LogP contribution in [0.1, 0.15) is 46.1 Å². The van der Waals surface area contributed by atoms with E-state index in [0.717, 1.165) is 26.3 Å². The Kier molecular flexibility index (Phi) is 11.7. The van der Waals surface area contributed by atoms with Crippen LogP contribution in [0.2, 0.25) is 0 Å². The Morgan fingerprint density at radius 1 is 0.763 bits per heavy atom. The molecule has 1 aliphatic rings. The van der Waals surface area contributed by atoms with Crippen molar-refractivity contribution < 1.29 is 57.2 Å². The van der Waals surface area contributed by atoms with Crippen LogP contribution in [0.25, 0.3) is 0 Å². The first kappa shape index (κ1) is 30.2. The molecule has 1 aliphatic heterocycles. The molecule has 0 radical (unpaired) electrons. The Labute approximate surface area is 219 Å². The molecule has 0 aromatic heterocycles. The first-order chi connectivity index (χ1) is 18.0. The molecule has 1 fully saturated rings. The molecular weight excluding hydrogens is 506 g/mol.